The van der Waals surface area contributed by atoms with E-state index in [1.165, 1.54) is 29.8 Å². The van der Waals surface area contributed by atoms with E-state index in [4.69, 9.17) is 0 Å². The molecule has 1 unspecified atom stereocenters. The van der Waals surface area contributed by atoms with E-state index in [-0.39, 0.29) is 23.5 Å². The summed E-state index contributed by atoms with van der Waals surface area (Å²) in [6.07, 6.45) is 2.22. The number of halogens is 1. The fourth-order valence-corrected chi connectivity index (χ4v) is 3.62. The second kappa shape index (κ2) is 9.49. The number of rotatable bonds is 6. The molecule has 0 radical (unpaired) electrons. The first-order chi connectivity index (χ1) is 13.5. The molecular formula is C23H27FN2O2. The van der Waals surface area contributed by atoms with Gasteiger partial charge in [-0.25, -0.2) is 4.39 Å². The molecule has 0 bridgehead atoms. The zero-order valence-electron chi connectivity index (χ0n) is 16.2. The van der Waals surface area contributed by atoms with Gasteiger partial charge in [-0.05, 0) is 55.0 Å². The Morgan fingerprint density at radius 3 is 2.36 bits per heavy atom. The summed E-state index contributed by atoms with van der Waals surface area (Å²) in [4.78, 5) is 26.7. The SMILES string of the molecule is CC(CCNC(=O)C1CCN(C(=O)c2ccc(F)cc2)CC1)c1ccccc1. The van der Waals surface area contributed by atoms with Crippen molar-refractivity contribution in [1.29, 1.82) is 0 Å². The standard InChI is InChI=1S/C23H27FN2O2/c1-17(18-5-3-2-4-6-18)11-14-25-22(27)19-12-15-26(16-13-19)23(28)20-7-9-21(24)10-8-20/h2-10,17,19H,11-16H2,1H3,(H,25,27). The van der Waals surface area contributed by atoms with Crippen molar-refractivity contribution in [3.8, 4) is 0 Å². The highest BCUT2D eigenvalue weighted by Crippen LogP contribution is 2.21. The van der Waals surface area contributed by atoms with Crippen LogP contribution in [0.5, 0.6) is 0 Å². The molecule has 3 rings (SSSR count). The number of amides is 2. The largest absolute Gasteiger partial charge is 0.356 e. The highest BCUT2D eigenvalue weighted by Gasteiger charge is 2.27. The van der Waals surface area contributed by atoms with Gasteiger partial charge in [-0.1, -0.05) is 37.3 Å². The lowest BCUT2D eigenvalue weighted by Gasteiger charge is -2.31. The van der Waals surface area contributed by atoms with Crippen molar-refractivity contribution in [2.45, 2.75) is 32.1 Å². The predicted octanol–water partition coefficient (Wildman–Crippen LogP) is 3.99. The van der Waals surface area contributed by atoms with Crippen LogP contribution >= 0.6 is 0 Å². The molecule has 1 heterocycles. The molecule has 1 saturated heterocycles. The lowest BCUT2D eigenvalue weighted by Crippen LogP contribution is -2.43. The lowest BCUT2D eigenvalue weighted by atomic mass is 9.94. The minimum Gasteiger partial charge on any atom is -0.356 e. The van der Waals surface area contributed by atoms with Gasteiger partial charge in [0.15, 0.2) is 0 Å². The molecule has 0 aromatic heterocycles. The summed E-state index contributed by atoms with van der Waals surface area (Å²) in [5.74, 6) is -0.0285. The number of carbonyl (C=O) groups is 2. The van der Waals surface area contributed by atoms with Crippen molar-refractivity contribution in [3.05, 3.63) is 71.5 Å². The van der Waals surface area contributed by atoms with Gasteiger partial charge in [-0.2, -0.15) is 0 Å². The maximum absolute atomic E-state index is 13.0. The molecule has 1 fully saturated rings. The summed E-state index contributed by atoms with van der Waals surface area (Å²) in [5.41, 5.74) is 1.77. The first-order valence-corrected chi connectivity index (χ1v) is 9.92. The second-order valence-electron chi connectivity index (χ2n) is 7.46. The topological polar surface area (TPSA) is 49.4 Å². The van der Waals surface area contributed by atoms with Crippen LogP contribution in [-0.2, 0) is 4.79 Å². The molecule has 1 atom stereocenters. The van der Waals surface area contributed by atoms with Gasteiger partial charge in [0.2, 0.25) is 5.91 Å². The summed E-state index contributed by atoms with van der Waals surface area (Å²) in [7, 11) is 0. The molecule has 4 nitrogen and oxygen atoms in total. The molecule has 0 saturated carbocycles. The number of nitrogens with one attached hydrogen (secondary N) is 1. The zero-order valence-corrected chi connectivity index (χ0v) is 16.2. The summed E-state index contributed by atoms with van der Waals surface area (Å²) < 4.78 is 13.0. The molecule has 0 aliphatic carbocycles. The van der Waals surface area contributed by atoms with Crippen LogP contribution in [0.2, 0.25) is 0 Å². The Balaban J connectivity index is 1.41. The van der Waals surface area contributed by atoms with Crippen molar-refractivity contribution in [2.24, 2.45) is 5.92 Å². The molecule has 148 valence electrons. The van der Waals surface area contributed by atoms with Gasteiger partial charge >= 0.3 is 0 Å². The van der Waals surface area contributed by atoms with Gasteiger partial charge in [-0.15, -0.1) is 0 Å². The third-order valence-electron chi connectivity index (χ3n) is 5.49. The minimum atomic E-state index is -0.353. The van der Waals surface area contributed by atoms with Gasteiger partial charge < -0.3 is 10.2 Å². The maximum Gasteiger partial charge on any atom is 0.253 e. The summed E-state index contributed by atoms with van der Waals surface area (Å²) >= 11 is 0. The van der Waals surface area contributed by atoms with Crippen LogP contribution in [0.3, 0.4) is 0 Å². The Bertz CT molecular complexity index is 784. The first kappa shape index (κ1) is 20.1. The molecule has 2 aromatic rings. The third kappa shape index (κ3) is 5.18. The molecular weight excluding hydrogens is 355 g/mol. The zero-order chi connectivity index (χ0) is 19.9. The Hall–Kier alpha value is -2.69. The molecule has 1 N–H and O–H groups in total. The average molecular weight is 382 g/mol. The Morgan fingerprint density at radius 1 is 1.07 bits per heavy atom. The molecule has 28 heavy (non-hydrogen) atoms. The maximum atomic E-state index is 13.0. The second-order valence-corrected chi connectivity index (χ2v) is 7.46. The van der Waals surface area contributed by atoms with Crippen LogP contribution in [0.15, 0.2) is 54.6 Å². The Kier molecular flexibility index (Phi) is 6.80. The highest BCUT2D eigenvalue weighted by atomic mass is 19.1. The van der Waals surface area contributed by atoms with Crippen molar-refractivity contribution < 1.29 is 14.0 Å². The average Bonchev–Trinajstić information content (AvgIpc) is 2.74. The molecule has 0 spiro atoms. The monoisotopic (exact) mass is 382 g/mol. The van der Waals surface area contributed by atoms with E-state index in [0.717, 1.165) is 6.42 Å². The quantitative estimate of drug-likeness (QED) is 0.821. The molecule has 5 heteroatoms. The van der Waals surface area contributed by atoms with Crippen LogP contribution in [0, 0.1) is 11.7 Å². The molecule has 1 aliphatic heterocycles. The van der Waals surface area contributed by atoms with Gasteiger partial charge in [0.25, 0.3) is 5.91 Å². The number of likely N-dealkylation sites (tertiary alicyclic amines) is 1. The van der Waals surface area contributed by atoms with Crippen LogP contribution < -0.4 is 5.32 Å². The number of nitrogens with zero attached hydrogens (tertiary/aromatic N) is 1. The fourth-order valence-electron chi connectivity index (χ4n) is 3.62. The number of piperidine rings is 1. The summed E-state index contributed by atoms with van der Waals surface area (Å²) in [6.45, 7) is 3.92. The summed E-state index contributed by atoms with van der Waals surface area (Å²) in [6, 6.07) is 15.9. The first-order valence-electron chi connectivity index (χ1n) is 9.92. The fraction of sp³-hybridized carbons (Fsp3) is 0.391. The number of hydrogen-bond donors (Lipinski definition) is 1. The lowest BCUT2D eigenvalue weighted by molar-refractivity contribution is -0.126. The Labute approximate surface area is 165 Å². The number of benzene rings is 2. The van der Waals surface area contributed by atoms with Crippen molar-refractivity contribution in [2.75, 3.05) is 19.6 Å². The molecule has 2 amide bonds. The van der Waals surface area contributed by atoms with Crippen molar-refractivity contribution >= 4 is 11.8 Å². The predicted molar refractivity (Wildman–Crippen MR) is 108 cm³/mol. The normalized spacial score (nSPS) is 15.9. The van der Waals surface area contributed by atoms with Gasteiger partial charge in [0, 0.05) is 31.1 Å². The minimum absolute atomic E-state index is 0.0516. The Morgan fingerprint density at radius 2 is 1.71 bits per heavy atom. The van der Waals surface area contributed by atoms with Gasteiger partial charge in [-0.3, -0.25) is 9.59 Å². The molecule has 1 aliphatic rings. The molecule has 2 aromatic carbocycles. The van der Waals surface area contributed by atoms with E-state index in [1.54, 1.807) is 4.90 Å². The summed E-state index contributed by atoms with van der Waals surface area (Å²) in [5, 5.41) is 3.05. The third-order valence-corrected chi connectivity index (χ3v) is 5.49. The van der Waals surface area contributed by atoms with E-state index in [1.807, 2.05) is 18.2 Å². The van der Waals surface area contributed by atoms with E-state index < -0.39 is 0 Å². The van der Waals surface area contributed by atoms with Crippen molar-refractivity contribution in [3.63, 3.8) is 0 Å². The highest BCUT2D eigenvalue weighted by molar-refractivity contribution is 5.94. The van der Waals surface area contributed by atoms with Crippen LogP contribution in [-0.4, -0.2) is 36.3 Å². The van der Waals surface area contributed by atoms with E-state index in [2.05, 4.69) is 24.4 Å². The van der Waals surface area contributed by atoms with E-state index >= 15 is 0 Å². The van der Waals surface area contributed by atoms with Gasteiger partial charge in [0.1, 0.15) is 5.82 Å². The van der Waals surface area contributed by atoms with Crippen LogP contribution in [0.1, 0.15) is 48.0 Å². The van der Waals surface area contributed by atoms with Gasteiger partial charge in [0.05, 0.1) is 0 Å². The van der Waals surface area contributed by atoms with Crippen LogP contribution in [0.25, 0.3) is 0 Å². The van der Waals surface area contributed by atoms with Crippen LogP contribution in [0.4, 0.5) is 4.39 Å². The number of hydrogen-bond acceptors (Lipinski definition) is 2. The smallest absolute Gasteiger partial charge is 0.253 e. The van der Waals surface area contributed by atoms with E-state index in [9.17, 15) is 14.0 Å². The van der Waals surface area contributed by atoms with Crippen molar-refractivity contribution in [1.82, 2.24) is 10.2 Å². The number of carbonyl (C=O) groups excluding carboxylic acids is 2. The van der Waals surface area contributed by atoms with E-state index in [0.29, 0.717) is 44.0 Å².